The predicted molar refractivity (Wildman–Crippen MR) is 117 cm³/mol. The Bertz CT molecular complexity index is 1310. The number of nitrogens with one attached hydrogen (secondary N) is 2. The molecule has 0 aliphatic rings. The summed E-state index contributed by atoms with van der Waals surface area (Å²) in [5.41, 5.74) is 8.96. The fraction of sp³-hybridized carbons (Fsp3) is 0.0455. The van der Waals surface area contributed by atoms with Gasteiger partial charge in [0.1, 0.15) is 5.82 Å². The number of benzene rings is 2. The van der Waals surface area contributed by atoms with Gasteiger partial charge < -0.3 is 16.0 Å². The number of aromatic amines is 1. The fourth-order valence-electron chi connectivity index (χ4n) is 3.24. The Morgan fingerprint density at radius 3 is 2.69 bits per heavy atom. The first-order valence-electron chi connectivity index (χ1n) is 8.84. The van der Waals surface area contributed by atoms with E-state index in [-0.39, 0.29) is 17.7 Å². The number of nitrogens with zero attached hydrogens (tertiary/aromatic N) is 2. The summed E-state index contributed by atoms with van der Waals surface area (Å²) in [6.45, 7) is 7.50. The molecular weight excluding hydrogens is 386 g/mol. The summed E-state index contributed by atoms with van der Waals surface area (Å²) in [5, 5.41) is 3.90. The lowest BCUT2D eigenvalue weighted by molar-refractivity contribution is 1.09. The Kier molecular flexibility index (Phi) is 4.90. The number of hydrogen-bond donors (Lipinski definition) is 3. The van der Waals surface area contributed by atoms with Crippen molar-refractivity contribution in [3.05, 3.63) is 93.0 Å². The van der Waals surface area contributed by atoms with Crippen LogP contribution in [0, 0.1) is 6.57 Å². The van der Waals surface area contributed by atoms with Crippen LogP contribution in [-0.4, -0.2) is 9.97 Å². The highest BCUT2D eigenvalue weighted by molar-refractivity contribution is 6.35. The Balaban J connectivity index is 1.88. The number of anilines is 2. The number of halogens is 1. The highest BCUT2D eigenvalue weighted by Crippen LogP contribution is 2.31. The minimum atomic E-state index is -0.177. The highest BCUT2D eigenvalue weighted by Gasteiger charge is 2.16. The van der Waals surface area contributed by atoms with Crippen LogP contribution in [0.5, 0.6) is 0 Å². The van der Waals surface area contributed by atoms with E-state index < -0.39 is 0 Å². The minimum Gasteiger partial charge on any atom is -0.407 e. The molecule has 2 aromatic carbocycles. The third-order valence-corrected chi connectivity index (χ3v) is 4.95. The molecule has 7 heteroatoms. The van der Waals surface area contributed by atoms with Crippen LogP contribution in [0.2, 0.25) is 5.02 Å². The van der Waals surface area contributed by atoms with Gasteiger partial charge in [0.05, 0.1) is 28.2 Å². The molecule has 0 radical (unpaired) electrons. The Labute approximate surface area is 171 Å². The lowest BCUT2D eigenvalue weighted by Crippen LogP contribution is -2.17. The second kappa shape index (κ2) is 7.66. The zero-order valence-electron chi connectivity index (χ0n) is 15.2. The molecule has 2 heterocycles. The predicted octanol–water partition coefficient (Wildman–Crippen LogP) is 4.99. The molecule has 0 amide bonds. The summed E-state index contributed by atoms with van der Waals surface area (Å²) < 4.78 is 0. The van der Waals surface area contributed by atoms with E-state index in [0.29, 0.717) is 38.7 Å². The highest BCUT2D eigenvalue weighted by atomic mass is 35.5. The lowest BCUT2D eigenvalue weighted by Gasteiger charge is -2.14. The smallest absolute Gasteiger partial charge is 0.250 e. The van der Waals surface area contributed by atoms with Crippen molar-refractivity contribution in [2.75, 3.05) is 11.1 Å². The van der Waals surface area contributed by atoms with E-state index in [1.54, 1.807) is 18.2 Å². The number of fused-ring (bicyclic) bond motifs is 1. The Hall–Kier alpha value is -3.82. The summed E-state index contributed by atoms with van der Waals surface area (Å²) in [6, 6.07) is 16.5. The van der Waals surface area contributed by atoms with Crippen molar-refractivity contribution in [2.45, 2.75) is 6.54 Å². The van der Waals surface area contributed by atoms with Crippen LogP contribution in [0.3, 0.4) is 0 Å². The first kappa shape index (κ1) is 18.5. The van der Waals surface area contributed by atoms with Crippen molar-refractivity contribution in [3.63, 3.8) is 0 Å². The summed E-state index contributed by atoms with van der Waals surface area (Å²) in [5.74, 6) is 0.331. The standard InChI is InChI=1S/C22H16ClN5O/c1-25-20-16(24)10-11-26-22(20)27-12-14-19(13-6-3-2-4-7-13)28-17-9-5-8-15(23)18(17)21(14)29/h2-11H,12H2,(H,28,29)(H3,24,26,27). The molecule has 0 aliphatic heterocycles. The van der Waals surface area contributed by atoms with E-state index in [0.717, 1.165) is 5.56 Å². The molecular formula is C22H16ClN5O. The molecule has 2 aromatic heterocycles. The molecule has 0 spiro atoms. The largest absolute Gasteiger partial charge is 0.407 e. The summed E-state index contributed by atoms with van der Waals surface area (Å²) in [4.78, 5) is 24.3. The maximum absolute atomic E-state index is 13.3. The number of pyridine rings is 2. The zero-order chi connectivity index (χ0) is 20.4. The number of hydrogen-bond acceptors (Lipinski definition) is 4. The molecule has 0 aliphatic carbocycles. The van der Waals surface area contributed by atoms with Gasteiger partial charge in [0.15, 0.2) is 5.43 Å². The lowest BCUT2D eigenvalue weighted by atomic mass is 10.0. The van der Waals surface area contributed by atoms with Crippen LogP contribution in [0.1, 0.15) is 5.56 Å². The van der Waals surface area contributed by atoms with E-state index in [1.807, 2.05) is 36.4 Å². The van der Waals surface area contributed by atoms with Crippen molar-refractivity contribution in [2.24, 2.45) is 0 Å². The van der Waals surface area contributed by atoms with Gasteiger partial charge in [-0.25, -0.2) is 4.85 Å². The minimum absolute atomic E-state index is 0.152. The average molecular weight is 402 g/mol. The van der Waals surface area contributed by atoms with Crippen molar-refractivity contribution < 1.29 is 0 Å². The SMILES string of the molecule is [C-]#[N+]c1c(N)ccnc1NCc1c(-c2ccccc2)[nH]c2cccc(Cl)c2c1=O. The van der Waals surface area contributed by atoms with E-state index in [9.17, 15) is 4.79 Å². The molecule has 4 rings (SSSR count). The van der Waals surface area contributed by atoms with Crippen molar-refractivity contribution in [3.8, 4) is 11.3 Å². The van der Waals surface area contributed by atoms with Crippen LogP contribution in [-0.2, 0) is 6.54 Å². The second-order valence-electron chi connectivity index (χ2n) is 6.40. The van der Waals surface area contributed by atoms with Gasteiger partial charge in [0.25, 0.3) is 0 Å². The number of nitrogen functional groups attached to an aromatic ring is 1. The molecule has 0 fully saturated rings. The summed E-state index contributed by atoms with van der Waals surface area (Å²) in [7, 11) is 0. The van der Waals surface area contributed by atoms with Gasteiger partial charge >= 0.3 is 0 Å². The first-order valence-corrected chi connectivity index (χ1v) is 9.22. The zero-order valence-corrected chi connectivity index (χ0v) is 16.0. The van der Waals surface area contributed by atoms with Crippen LogP contribution >= 0.6 is 11.6 Å². The first-order chi connectivity index (χ1) is 14.1. The van der Waals surface area contributed by atoms with Gasteiger partial charge in [-0.05, 0) is 23.8 Å². The van der Waals surface area contributed by atoms with E-state index in [1.165, 1.54) is 6.20 Å². The molecule has 4 N–H and O–H groups in total. The molecule has 0 unspecified atom stereocenters. The monoisotopic (exact) mass is 401 g/mol. The van der Waals surface area contributed by atoms with E-state index >= 15 is 0 Å². The van der Waals surface area contributed by atoms with Crippen molar-refractivity contribution >= 4 is 39.7 Å². The maximum atomic E-state index is 13.3. The van der Waals surface area contributed by atoms with E-state index in [2.05, 4.69) is 20.1 Å². The quantitative estimate of drug-likeness (QED) is 0.420. The fourth-order valence-corrected chi connectivity index (χ4v) is 3.50. The Morgan fingerprint density at radius 1 is 1.14 bits per heavy atom. The molecule has 4 aromatic rings. The van der Waals surface area contributed by atoms with Gasteiger partial charge in [-0.1, -0.05) is 48.0 Å². The van der Waals surface area contributed by atoms with Gasteiger partial charge in [-0.2, -0.15) is 0 Å². The molecule has 6 nitrogen and oxygen atoms in total. The number of aromatic nitrogens is 2. The third-order valence-electron chi connectivity index (χ3n) is 4.64. The number of H-pyrrole nitrogens is 1. The van der Waals surface area contributed by atoms with Gasteiger partial charge in [0, 0.05) is 24.0 Å². The molecule has 0 saturated heterocycles. The van der Waals surface area contributed by atoms with Crippen LogP contribution < -0.4 is 16.5 Å². The summed E-state index contributed by atoms with van der Waals surface area (Å²) in [6.07, 6.45) is 1.52. The normalized spacial score (nSPS) is 10.6. The number of nitrogens with two attached hydrogens (primary N) is 1. The molecule has 0 bridgehead atoms. The van der Waals surface area contributed by atoms with Crippen molar-refractivity contribution in [1.82, 2.24) is 9.97 Å². The average Bonchev–Trinajstić information content (AvgIpc) is 2.73. The van der Waals surface area contributed by atoms with Crippen LogP contribution in [0.15, 0.2) is 65.6 Å². The van der Waals surface area contributed by atoms with Crippen molar-refractivity contribution in [1.29, 1.82) is 0 Å². The van der Waals surface area contributed by atoms with E-state index in [4.69, 9.17) is 23.9 Å². The topological polar surface area (TPSA) is 88.2 Å². The van der Waals surface area contributed by atoms with Gasteiger partial charge in [0.2, 0.25) is 5.69 Å². The maximum Gasteiger partial charge on any atom is 0.250 e. The molecule has 142 valence electrons. The van der Waals surface area contributed by atoms with Gasteiger partial charge in [-0.3, -0.25) is 9.78 Å². The van der Waals surface area contributed by atoms with Crippen LogP contribution in [0.25, 0.3) is 27.0 Å². The van der Waals surface area contributed by atoms with Gasteiger partial charge in [-0.15, -0.1) is 0 Å². The second-order valence-corrected chi connectivity index (χ2v) is 6.81. The summed E-state index contributed by atoms with van der Waals surface area (Å²) >= 11 is 6.31. The van der Waals surface area contributed by atoms with Crippen LogP contribution in [0.4, 0.5) is 17.2 Å². The third kappa shape index (κ3) is 3.40. The number of rotatable bonds is 4. The molecule has 0 atom stereocenters. The molecule has 0 saturated carbocycles. The Morgan fingerprint density at radius 2 is 1.93 bits per heavy atom. The molecule has 29 heavy (non-hydrogen) atoms.